The van der Waals surface area contributed by atoms with E-state index in [1.807, 2.05) is 18.2 Å². The smallest absolute Gasteiger partial charge is 0.306 e. The Morgan fingerprint density at radius 3 is 3.17 bits per heavy atom. The molecule has 0 spiro atoms. The van der Waals surface area contributed by atoms with E-state index < -0.39 is 5.97 Å². The van der Waals surface area contributed by atoms with Gasteiger partial charge in [-0.15, -0.1) is 0 Å². The molecule has 2 unspecified atom stereocenters. The van der Waals surface area contributed by atoms with Crippen LogP contribution in [0.5, 0.6) is 0 Å². The highest BCUT2D eigenvalue weighted by molar-refractivity contribution is 5.76. The summed E-state index contributed by atoms with van der Waals surface area (Å²) in [4.78, 5) is 18.6. The zero-order chi connectivity index (χ0) is 12.5. The van der Waals surface area contributed by atoms with Crippen LogP contribution < -0.4 is 5.32 Å². The van der Waals surface area contributed by atoms with Gasteiger partial charge < -0.3 is 15.4 Å². The number of rotatable bonds is 2. The molecule has 5 heteroatoms. The van der Waals surface area contributed by atoms with Crippen molar-refractivity contribution in [1.29, 1.82) is 0 Å². The van der Waals surface area contributed by atoms with Crippen molar-refractivity contribution in [2.45, 2.75) is 18.9 Å². The molecule has 2 aromatic heterocycles. The molecule has 3 rings (SSSR count). The molecule has 0 bridgehead atoms. The van der Waals surface area contributed by atoms with Crippen molar-refractivity contribution in [1.82, 2.24) is 15.3 Å². The van der Waals surface area contributed by atoms with Crippen LogP contribution in [-0.2, 0) is 4.79 Å². The average molecular weight is 245 g/mol. The summed E-state index contributed by atoms with van der Waals surface area (Å²) in [5.41, 5.74) is 2.94. The topological polar surface area (TPSA) is 78.0 Å². The van der Waals surface area contributed by atoms with Gasteiger partial charge in [-0.05, 0) is 37.6 Å². The highest BCUT2D eigenvalue weighted by Gasteiger charge is 2.28. The summed E-state index contributed by atoms with van der Waals surface area (Å²) in [6.45, 7) is 0.741. The second-order valence-electron chi connectivity index (χ2n) is 4.73. The number of nitrogens with one attached hydrogen (secondary N) is 2. The van der Waals surface area contributed by atoms with Gasteiger partial charge in [-0.25, -0.2) is 0 Å². The van der Waals surface area contributed by atoms with Crippen LogP contribution in [-0.4, -0.2) is 27.6 Å². The van der Waals surface area contributed by atoms with Crippen LogP contribution in [0, 0.1) is 5.92 Å². The average Bonchev–Trinajstić information content (AvgIpc) is 2.82. The number of carboxylic acid groups (broad SMARTS) is 1. The van der Waals surface area contributed by atoms with Crippen LogP contribution in [0.15, 0.2) is 24.4 Å². The van der Waals surface area contributed by atoms with Gasteiger partial charge in [0.25, 0.3) is 0 Å². The molecule has 0 amide bonds. The van der Waals surface area contributed by atoms with Crippen LogP contribution in [0.2, 0.25) is 0 Å². The second-order valence-corrected chi connectivity index (χ2v) is 4.73. The summed E-state index contributed by atoms with van der Waals surface area (Å²) in [5.74, 6) is -0.952. The van der Waals surface area contributed by atoms with E-state index in [0.29, 0.717) is 12.8 Å². The third kappa shape index (κ3) is 1.97. The standard InChI is InChI=1S/C13H15N3O2/c17-13(18)8-3-5-15-10(6-8)12-7-11-9(16-12)2-1-4-14-11/h1-2,4,7-8,10,15-16H,3,5-6H2,(H,17,18). The number of aromatic nitrogens is 2. The minimum atomic E-state index is -0.698. The molecule has 3 heterocycles. The fraction of sp³-hybridized carbons (Fsp3) is 0.385. The first-order valence-corrected chi connectivity index (χ1v) is 6.14. The molecular weight excluding hydrogens is 230 g/mol. The molecule has 2 atom stereocenters. The van der Waals surface area contributed by atoms with Crippen molar-refractivity contribution < 1.29 is 9.90 Å². The molecule has 1 saturated heterocycles. The number of H-pyrrole nitrogens is 1. The molecular formula is C13H15N3O2. The van der Waals surface area contributed by atoms with Crippen LogP contribution >= 0.6 is 0 Å². The lowest BCUT2D eigenvalue weighted by Gasteiger charge is -2.27. The van der Waals surface area contributed by atoms with E-state index in [1.54, 1.807) is 6.20 Å². The monoisotopic (exact) mass is 245 g/mol. The van der Waals surface area contributed by atoms with Gasteiger partial charge in [-0.2, -0.15) is 0 Å². The predicted octanol–water partition coefficient (Wildman–Crippen LogP) is 1.69. The molecule has 5 nitrogen and oxygen atoms in total. The Labute approximate surface area is 104 Å². The second kappa shape index (κ2) is 4.42. The molecule has 1 aliphatic heterocycles. The van der Waals surface area contributed by atoms with Crippen LogP contribution in [0.4, 0.5) is 0 Å². The highest BCUT2D eigenvalue weighted by Crippen LogP contribution is 2.28. The van der Waals surface area contributed by atoms with Gasteiger partial charge in [0, 0.05) is 17.9 Å². The normalized spacial score (nSPS) is 24.2. The summed E-state index contributed by atoms with van der Waals surface area (Å²) in [5, 5.41) is 12.5. The maximum absolute atomic E-state index is 11.1. The Kier molecular flexibility index (Phi) is 2.76. The molecule has 2 aromatic rings. The molecule has 3 N–H and O–H groups in total. The van der Waals surface area contributed by atoms with Gasteiger partial charge in [-0.1, -0.05) is 0 Å². The number of hydrogen-bond donors (Lipinski definition) is 3. The largest absolute Gasteiger partial charge is 0.481 e. The maximum Gasteiger partial charge on any atom is 0.306 e. The van der Waals surface area contributed by atoms with Crippen molar-refractivity contribution in [2.75, 3.05) is 6.54 Å². The summed E-state index contributed by atoms with van der Waals surface area (Å²) < 4.78 is 0. The van der Waals surface area contributed by atoms with Crippen molar-refractivity contribution in [2.24, 2.45) is 5.92 Å². The Balaban J connectivity index is 1.87. The quantitative estimate of drug-likeness (QED) is 0.752. The van der Waals surface area contributed by atoms with Crippen LogP contribution in [0.3, 0.4) is 0 Å². The number of hydrogen-bond acceptors (Lipinski definition) is 3. The molecule has 94 valence electrons. The van der Waals surface area contributed by atoms with Crippen molar-refractivity contribution in [3.05, 3.63) is 30.1 Å². The lowest BCUT2D eigenvalue weighted by atomic mass is 9.91. The predicted molar refractivity (Wildman–Crippen MR) is 67.2 cm³/mol. The molecule has 0 saturated carbocycles. The Morgan fingerprint density at radius 1 is 1.50 bits per heavy atom. The molecule has 18 heavy (non-hydrogen) atoms. The van der Waals surface area contributed by atoms with Gasteiger partial charge in [0.1, 0.15) is 0 Å². The van der Waals surface area contributed by atoms with E-state index >= 15 is 0 Å². The lowest BCUT2D eigenvalue weighted by molar-refractivity contribution is -0.143. The van der Waals surface area contributed by atoms with Crippen LogP contribution in [0.25, 0.3) is 11.0 Å². The first kappa shape index (κ1) is 11.2. The number of nitrogens with zero attached hydrogens (tertiary/aromatic N) is 1. The van der Waals surface area contributed by atoms with Gasteiger partial charge in [0.05, 0.1) is 17.0 Å². The zero-order valence-corrected chi connectivity index (χ0v) is 9.89. The minimum absolute atomic E-state index is 0.0778. The van der Waals surface area contributed by atoms with E-state index in [0.717, 1.165) is 23.3 Å². The minimum Gasteiger partial charge on any atom is -0.481 e. The highest BCUT2D eigenvalue weighted by atomic mass is 16.4. The van der Waals surface area contributed by atoms with E-state index in [1.165, 1.54) is 0 Å². The fourth-order valence-electron chi connectivity index (χ4n) is 2.54. The summed E-state index contributed by atoms with van der Waals surface area (Å²) in [6.07, 6.45) is 3.08. The molecule has 1 fully saturated rings. The molecule has 0 aliphatic carbocycles. The fourth-order valence-corrected chi connectivity index (χ4v) is 2.54. The number of aromatic amines is 1. The third-order valence-corrected chi connectivity index (χ3v) is 3.54. The Hall–Kier alpha value is -1.88. The number of fused-ring (bicyclic) bond motifs is 1. The Bertz CT molecular complexity index is 545. The van der Waals surface area contributed by atoms with Crippen molar-refractivity contribution in [3.63, 3.8) is 0 Å². The van der Waals surface area contributed by atoms with Crippen molar-refractivity contribution >= 4 is 17.0 Å². The van der Waals surface area contributed by atoms with Crippen LogP contribution in [0.1, 0.15) is 24.6 Å². The van der Waals surface area contributed by atoms with E-state index in [-0.39, 0.29) is 12.0 Å². The first-order valence-electron chi connectivity index (χ1n) is 6.14. The SMILES string of the molecule is O=C(O)C1CCNC(c2cc3ncccc3[nH]2)C1. The van der Waals surface area contributed by atoms with Crippen molar-refractivity contribution in [3.8, 4) is 0 Å². The number of aliphatic carboxylic acids is 1. The first-order chi connectivity index (χ1) is 8.74. The Morgan fingerprint density at radius 2 is 2.39 bits per heavy atom. The molecule has 1 aliphatic rings. The van der Waals surface area contributed by atoms with Gasteiger partial charge in [-0.3, -0.25) is 9.78 Å². The molecule has 0 aromatic carbocycles. The van der Waals surface area contributed by atoms with Gasteiger partial charge >= 0.3 is 5.97 Å². The van der Waals surface area contributed by atoms with Gasteiger partial charge in [0.2, 0.25) is 0 Å². The van der Waals surface area contributed by atoms with E-state index in [4.69, 9.17) is 5.11 Å². The number of pyridine rings is 1. The zero-order valence-electron chi connectivity index (χ0n) is 9.89. The number of piperidine rings is 1. The number of carbonyl (C=O) groups is 1. The van der Waals surface area contributed by atoms with Gasteiger partial charge in [0.15, 0.2) is 0 Å². The van der Waals surface area contributed by atoms with E-state index in [2.05, 4.69) is 15.3 Å². The number of carboxylic acids is 1. The van der Waals surface area contributed by atoms with E-state index in [9.17, 15) is 4.79 Å². The maximum atomic E-state index is 11.1. The third-order valence-electron chi connectivity index (χ3n) is 3.54. The molecule has 0 radical (unpaired) electrons. The summed E-state index contributed by atoms with van der Waals surface area (Å²) in [6, 6.07) is 5.94. The summed E-state index contributed by atoms with van der Waals surface area (Å²) >= 11 is 0. The summed E-state index contributed by atoms with van der Waals surface area (Å²) in [7, 11) is 0. The lowest BCUT2D eigenvalue weighted by Crippen LogP contribution is -2.35.